The first-order valence-electron chi connectivity index (χ1n) is 13.2. The first kappa shape index (κ1) is 22.8. The van der Waals surface area contributed by atoms with Gasteiger partial charge >= 0.3 is 0 Å². The maximum absolute atomic E-state index is 2.48. The van der Waals surface area contributed by atoms with Gasteiger partial charge in [0.2, 0.25) is 0 Å². The van der Waals surface area contributed by atoms with Crippen LogP contribution >= 0.6 is 0 Å². The Hall–Kier alpha value is -3.64. The Labute approximate surface area is 215 Å². The summed E-state index contributed by atoms with van der Waals surface area (Å²) in [5.74, 6) is 1.02. The number of rotatable bonds is 5. The maximum Gasteiger partial charge on any atom is 0.0158 e. The van der Waals surface area contributed by atoms with Crippen LogP contribution in [0.4, 0.5) is 0 Å². The Kier molecular flexibility index (Phi) is 5.56. The lowest BCUT2D eigenvalue weighted by atomic mass is 9.80. The van der Waals surface area contributed by atoms with Crippen molar-refractivity contribution in [2.75, 3.05) is 0 Å². The fourth-order valence-electron chi connectivity index (χ4n) is 6.13. The van der Waals surface area contributed by atoms with E-state index in [2.05, 4.69) is 137 Å². The van der Waals surface area contributed by atoms with E-state index in [4.69, 9.17) is 0 Å². The van der Waals surface area contributed by atoms with E-state index in [-0.39, 0.29) is 5.41 Å². The van der Waals surface area contributed by atoms with E-state index >= 15 is 0 Å². The van der Waals surface area contributed by atoms with Crippen molar-refractivity contribution in [2.45, 2.75) is 45.4 Å². The zero-order valence-electron chi connectivity index (χ0n) is 21.8. The van der Waals surface area contributed by atoms with E-state index in [1.165, 1.54) is 55.3 Å². The van der Waals surface area contributed by atoms with Crippen LogP contribution in [0.1, 0.15) is 55.9 Å². The van der Waals surface area contributed by atoms with Gasteiger partial charge < -0.3 is 0 Å². The summed E-state index contributed by atoms with van der Waals surface area (Å²) in [6.07, 6.45) is 1.08. The molecule has 5 aromatic rings. The van der Waals surface area contributed by atoms with Crippen LogP contribution in [0.2, 0.25) is 0 Å². The third kappa shape index (κ3) is 3.86. The van der Waals surface area contributed by atoms with Gasteiger partial charge in [-0.1, -0.05) is 131 Å². The van der Waals surface area contributed by atoms with Gasteiger partial charge in [-0.25, -0.2) is 0 Å². The molecule has 0 spiro atoms. The average molecular weight is 467 g/mol. The third-order valence-corrected chi connectivity index (χ3v) is 8.55. The Morgan fingerprint density at radius 3 is 2.17 bits per heavy atom. The van der Waals surface area contributed by atoms with Crippen molar-refractivity contribution in [3.05, 3.63) is 131 Å². The van der Waals surface area contributed by atoms with Crippen LogP contribution in [0, 0.1) is 5.92 Å². The smallest absolute Gasteiger partial charge is 0.0158 e. The fourth-order valence-corrected chi connectivity index (χ4v) is 6.13. The van der Waals surface area contributed by atoms with Gasteiger partial charge in [-0.3, -0.25) is 0 Å². The van der Waals surface area contributed by atoms with Crippen LogP contribution in [0.15, 0.2) is 109 Å². The Morgan fingerprint density at radius 2 is 1.31 bits per heavy atom. The summed E-state index contributed by atoms with van der Waals surface area (Å²) >= 11 is 0. The summed E-state index contributed by atoms with van der Waals surface area (Å²) < 4.78 is 0. The summed E-state index contributed by atoms with van der Waals surface area (Å²) in [5, 5.41) is 2.59. The van der Waals surface area contributed by atoms with Crippen molar-refractivity contribution in [2.24, 2.45) is 5.92 Å². The van der Waals surface area contributed by atoms with Gasteiger partial charge in [0, 0.05) is 5.41 Å². The second-order valence-electron chi connectivity index (χ2n) is 11.2. The minimum atomic E-state index is 0.0605. The zero-order valence-corrected chi connectivity index (χ0v) is 21.8. The molecule has 0 fully saturated rings. The van der Waals surface area contributed by atoms with E-state index in [0.717, 1.165) is 6.42 Å². The molecule has 1 aliphatic carbocycles. The highest BCUT2D eigenvalue weighted by Gasteiger charge is 2.35. The van der Waals surface area contributed by atoms with E-state index in [9.17, 15) is 0 Å². The molecular weight excluding hydrogens is 432 g/mol. The predicted molar refractivity (Wildman–Crippen MR) is 155 cm³/mol. The van der Waals surface area contributed by atoms with Gasteiger partial charge in [-0.05, 0) is 79.6 Å². The van der Waals surface area contributed by atoms with Gasteiger partial charge in [-0.2, -0.15) is 0 Å². The van der Waals surface area contributed by atoms with Crippen molar-refractivity contribution in [3.63, 3.8) is 0 Å². The molecule has 0 saturated heterocycles. The average Bonchev–Trinajstić information content (AvgIpc) is 3.14. The molecule has 36 heavy (non-hydrogen) atoms. The van der Waals surface area contributed by atoms with Crippen LogP contribution < -0.4 is 0 Å². The highest BCUT2D eigenvalue weighted by molar-refractivity contribution is 5.87. The van der Waals surface area contributed by atoms with Crippen LogP contribution in [-0.2, 0) is 11.8 Å². The summed E-state index contributed by atoms with van der Waals surface area (Å²) in [4.78, 5) is 0. The van der Waals surface area contributed by atoms with Gasteiger partial charge in [0.25, 0.3) is 0 Å². The SMILES string of the molecule is CC(Cc1ccc2c(c1)C(C)(C)c1ccccc1-2)C(C)c1cccc(-c2ccc3ccccc3c2)c1. The Morgan fingerprint density at radius 1 is 0.583 bits per heavy atom. The molecule has 0 saturated carbocycles. The molecule has 0 bridgehead atoms. The fraction of sp³-hybridized carbons (Fsp3) is 0.222. The highest BCUT2D eigenvalue weighted by atomic mass is 14.4. The molecule has 0 heterocycles. The summed E-state index contributed by atoms with van der Waals surface area (Å²) in [7, 11) is 0. The van der Waals surface area contributed by atoms with Gasteiger partial charge in [0.05, 0.1) is 0 Å². The second kappa shape index (κ2) is 8.79. The first-order valence-corrected chi connectivity index (χ1v) is 13.2. The van der Waals surface area contributed by atoms with Crippen molar-refractivity contribution < 1.29 is 0 Å². The Balaban J connectivity index is 1.24. The molecule has 0 radical (unpaired) electrons. The largest absolute Gasteiger partial charge is 0.0619 e. The highest BCUT2D eigenvalue weighted by Crippen LogP contribution is 2.48. The predicted octanol–water partition coefficient (Wildman–Crippen LogP) is 9.80. The van der Waals surface area contributed by atoms with Gasteiger partial charge in [-0.15, -0.1) is 0 Å². The minimum Gasteiger partial charge on any atom is -0.0619 e. The molecule has 6 rings (SSSR count). The summed E-state index contributed by atoms with van der Waals surface area (Å²) in [6.45, 7) is 9.52. The summed E-state index contributed by atoms with van der Waals surface area (Å²) in [5.41, 5.74) is 11.2. The molecule has 178 valence electrons. The molecule has 5 aromatic carbocycles. The van der Waals surface area contributed by atoms with Crippen LogP contribution in [0.5, 0.6) is 0 Å². The van der Waals surface area contributed by atoms with Crippen LogP contribution in [0.25, 0.3) is 33.0 Å². The Bertz CT molecular complexity index is 1570. The van der Waals surface area contributed by atoms with Crippen LogP contribution in [-0.4, -0.2) is 0 Å². The van der Waals surface area contributed by atoms with E-state index in [1.807, 2.05) is 0 Å². The number of hydrogen-bond donors (Lipinski definition) is 0. The van der Waals surface area contributed by atoms with E-state index < -0.39 is 0 Å². The quantitative estimate of drug-likeness (QED) is 0.242. The van der Waals surface area contributed by atoms with E-state index in [0.29, 0.717) is 11.8 Å². The lowest BCUT2D eigenvalue weighted by molar-refractivity contribution is 0.485. The summed E-state index contributed by atoms with van der Waals surface area (Å²) in [6, 6.07) is 40.6. The number of hydrogen-bond acceptors (Lipinski definition) is 0. The van der Waals surface area contributed by atoms with Gasteiger partial charge in [0.1, 0.15) is 0 Å². The molecule has 2 unspecified atom stereocenters. The molecule has 0 heteroatoms. The molecule has 0 aliphatic heterocycles. The standard InChI is InChI=1S/C36H34/c1-24(20-26-16-19-33-32-14-7-8-15-34(32)36(3,4)35(33)21-26)25(2)28-12-9-13-30(22-28)31-18-17-27-10-5-6-11-29(27)23-31/h5-19,21-25H,20H2,1-4H3. The van der Waals surface area contributed by atoms with Crippen LogP contribution in [0.3, 0.4) is 0 Å². The third-order valence-electron chi connectivity index (χ3n) is 8.55. The second-order valence-corrected chi connectivity index (χ2v) is 11.2. The minimum absolute atomic E-state index is 0.0605. The normalized spacial score (nSPS) is 15.3. The van der Waals surface area contributed by atoms with Crippen molar-refractivity contribution >= 4 is 10.8 Å². The number of fused-ring (bicyclic) bond motifs is 4. The molecule has 0 aromatic heterocycles. The first-order chi connectivity index (χ1) is 17.4. The zero-order chi connectivity index (χ0) is 24.9. The molecule has 0 amide bonds. The molecule has 0 nitrogen and oxygen atoms in total. The molecule has 0 N–H and O–H groups in total. The van der Waals surface area contributed by atoms with E-state index in [1.54, 1.807) is 0 Å². The molecular formula is C36H34. The van der Waals surface area contributed by atoms with Gasteiger partial charge in [0.15, 0.2) is 0 Å². The lowest BCUT2D eigenvalue weighted by Gasteiger charge is -2.24. The lowest BCUT2D eigenvalue weighted by Crippen LogP contribution is -2.16. The van der Waals surface area contributed by atoms with Crippen molar-refractivity contribution in [1.29, 1.82) is 0 Å². The van der Waals surface area contributed by atoms with Crippen molar-refractivity contribution in [1.82, 2.24) is 0 Å². The monoisotopic (exact) mass is 466 g/mol. The molecule has 1 aliphatic rings. The topological polar surface area (TPSA) is 0 Å². The maximum atomic E-state index is 2.48. The molecule has 2 atom stereocenters. The number of benzene rings is 5. The van der Waals surface area contributed by atoms with Crippen molar-refractivity contribution in [3.8, 4) is 22.3 Å².